The molecule has 0 aromatic heterocycles. The van der Waals surface area contributed by atoms with E-state index in [1.165, 1.54) is 18.2 Å². The van der Waals surface area contributed by atoms with Crippen LogP contribution in [0.2, 0.25) is 0 Å². The van der Waals surface area contributed by atoms with Crippen LogP contribution in [0.3, 0.4) is 0 Å². The third-order valence-corrected chi connectivity index (χ3v) is 3.66. The van der Waals surface area contributed by atoms with Gasteiger partial charge in [0.25, 0.3) is 0 Å². The topological polar surface area (TPSA) is 52.6 Å². The summed E-state index contributed by atoms with van der Waals surface area (Å²) in [5.74, 6) is 3.80. The van der Waals surface area contributed by atoms with Crippen molar-refractivity contribution in [2.75, 3.05) is 13.2 Å². The van der Waals surface area contributed by atoms with Gasteiger partial charge in [-0.25, -0.2) is 0 Å². The minimum Gasteiger partial charge on any atom is -0.465 e. The largest absolute Gasteiger partial charge is 0.465 e. The summed E-state index contributed by atoms with van der Waals surface area (Å²) in [6.07, 6.45) is -3.28. The molecule has 1 rings (SSSR count). The van der Waals surface area contributed by atoms with Crippen molar-refractivity contribution in [3.63, 3.8) is 0 Å². The highest BCUT2D eigenvalue weighted by atomic mass is 19.4. The predicted molar refractivity (Wildman–Crippen MR) is 93.5 cm³/mol. The number of rotatable bonds is 7. The second kappa shape index (κ2) is 9.81. The Kier molecular flexibility index (Phi) is 8.10. The zero-order valence-electron chi connectivity index (χ0n) is 15.2. The molecule has 7 heteroatoms. The van der Waals surface area contributed by atoms with Crippen LogP contribution in [0, 0.1) is 17.3 Å². The van der Waals surface area contributed by atoms with Crippen molar-refractivity contribution in [2.45, 2.75) is 32.9 Å². The minimum atomic E-state index is -4.43. The van der Waals surface area contributed by atoms with Crippen molar-refractivity contribution in [3.05, 3.63) is 48.0 Å². The lowest BCUT2D eigenvalue weighted by Gasteiger charge is -2.26. The van der Waals surface area contributed by atoms with Crippen LogP contribution >= 0.6 is 0 Å². The van der Waals surface area contributed by atoms with Crippen molar-refractivity contribution >= 4 is 11.9 Å². The molecule has 0 aliphatic rings. The third-order valence-electron chi connectivity index (χ3n) is 3.66. The van der Waals surface area contributed by atoms with E-state index in [0.717, 1.165) is 12.1 Å². The molecule has 0 amide bonds. The third kappa shape index (κ3) is 5.88. The van der Waals surface area contributed by atoms with Gasteiger partial charge in [0.1, 0.15) is 0 Å². The molecule has 0 unspecified atom stereocenters. The van der Waals surface area contributed by atoms with Crippen LogP contribution in [0.5, 0.6) is 0 Å². The molecule has 0 heterocycles. The molecule has 0 radical (unpaired) electrons. The van der Waals surface area contributed by atoms with Crippen LogP contribution in [-0.4, -0.2) is 25.2 Å². The lowest BCUT2D eigenvalue weighted by Crippen LogP contribution is -2.41. The number of ether oxygens (including phenoxy) is 2. The summed E-state index contributed by atoms with van der Waals surface area (Å²) in [7, 11) is 0. The van der Waals surface area contributed by atoms with Crippen molar-refractivity contribution in [1.82, 2.24) is 0 Å². The van der Waals surface area contributed by atoms with E-state index in [0.29, 0.717) is 5.56 Å². The number of carbonyl (C=O) groups is 2. The molecule has 0 atom stereocenters. The van der Waals surface area contributed by atoms with Crippen LogP contribution in [0.15, 0.2) is 36.9 Å². The number of esters is 2. The second-order valence-electron chi connectivity index (χ2n) is 5.57. The number of carbonyl (C=O) groups excluding carboxylic acids is 2. The summed E-state index contributed by atoms with van der Waals surface area (Å²) in [6.45, 7) is 6.92. The van der Waals surface area contributed by atoms with Crippen molar-refractivity contribution in [2.24, 2.45) is 5.41 Å². The Labute approximate surface area is 156 Å². The molecule has 1 aromatic rings. The van der Waals surface area contributed by atoms with Crippen LogP contribution in [0.25, 0.3) is 0 Å². The quantitative estimate of drug-likeness (QED) is 0.308. The van der Waals surface area contributed by atoms with Crippen molar-refractivity contribution in [1.29, 1.82) is 0 Å². The van der Waals surface area contributed by atoms with E-state index in [2.05, 4.69) is 18.4 Å². The van der Waals surface area contributed by atoms with E-state index in [1.54, 1.807) is 13.8 Å². The Bertz CT molecular complexity index is 706. The lowest BCUT2D eigenvalue weighted by molar-refractivity contribution is -0.171. The molecule has 1 aromatic carbocycles. The Morgan fingerprint density at radius 3 is 2.00 bits per heavy atom. The highest BCUT2D eigenvalue weighted by molar-refractivity contribution is 6.00. The van der Waals surface area contributed by atoms with Crippen molar-refractivity contribution < 1.29 is 32.2 Å². The van der Waals surface area contributed by atoms with Gasteiger partial charge in [-0.15, -0.1) is 6.58 Å². The maximum absolute atomic E-state index is 12.6. The van der Waals surface area contributed by atoms with Gasteiger partial charge in [0.05, 0.1) is 18.8 Å². The smallest absolute Gasteiger partial charge is 0.416 e. The molecule has 0 saturated carbocycles. The maximum atomic E-state index is 12.6. The summed E-state index contributed by atoms with van der Waals surface area (Å²) in [5.41, 5.74) is -2.12. The monoisotopic (exact) mass is 382 g/mol. The first-order chi connectivity index (χ1) is 12.7. The minimum absolute atomic E-state index is 0.0354. The normalized spacial score (nSPS) is 11.1. The summed E-state index contributed by atoms with van der Waals surface area (Å²) in [6, 6.07) is 4.27. The Morgan fingerprint density at radius 1 is 1.07 bits per heavy atom. The molecule has 0 bridgehead atoms. The first kappa shape index (κ1) is 22.3. The summed E-state index contributed by atoms with van der Waals surface area (Å²) in [5, 5.41) is 0. The number of hydrogen-bond donors (Lipinski definition) is 0. The van der Waals surface area contributed by atoms with Gasteiger partial charge in [-0.2, -0.15) is 13.2 Å². The van der Waals surface area contributed by atoms with Crippen molar-refractivity contribution in [3.8, 4) is 11.8 Å². The standard InChI is InChI=1S/C20H21F3O4/c1-4-13-19(17(24)26-5-2,18(25)27-6-3)14-7-8-15-9-11-16(12-10-15)20(21,22)23/h4,9-12H,1,5-6,13-14H2,2-3H3. The number of halogens is 3. The fraction of sp³-hybridized carbons (Fsp3) is 0.400. The van der Waals surface area contributed by atoms with Crippen LogP contribution in [0.1, 0.15) is 37.8 Å². The summed E-state index contributed by atoms with van der Waals surface area (Å²) < 4.78 is 47.8. The van der Waals surface area contributed by atoms with Gasteiger partial charge < -0.3 is 9.47 Å². The van der Waals surface area contributed by atoms with E-state index in [1.807, 2.05) is 0 Å². The van der Waals surface area contributed by atoms with E-state index in [9.17, 15) is 22.8 Å². The molecule has 0 spiro atoms. The van der Waals surface area contributed by atoms with Gasteiger partial charge in [0, 0.05) is 12.0 Å². The predicted octanol–water partition coefficient (Wildman–Crippen LogP) is 4.14. The van der Waals surface area contributed by atoms with Gasteiger partial charge in [-0.1, -0.05) is 17.9 Å². The second-order valence-corrected chi connectivity index (χ2v) is 5.57. The molecular weight excluding hydrogens is 361 g/mol. The molecule has 0 N–H and O–H groups in total. The SMILES string of the molecule is C=CCC(CC#Cc1ccc(C(F)(F)F)cc1)(C(=O)OCC)C(=O)OCC. The molecule has 146 valence electrons. The Morgan fingerprint density at radius 2 is 1.59 bits per heavy atom. The number of alkyl halides is 3. The van der Waals surface area contributed by atoms with Gasteiger partial charge in [0.2, 0.25) is 0 Å². The van der Waals surface area contributed by atoms with Crippen LogP contribution in [-0.2, 0) is 25.2 Å². The number of benzene rings is 1. The highest BCUT2D eigenvalue weighted by Gasteiger charge is 2.47. The average Bonchev–Trinajstić information content (AvgIpc) is 2.61. The fourth-order valence-electron chi connectivity index (χ4n) is 2.29. The van der Waals surface area contributed by atoms with Gasteiger partial charge >= 0.3 is 18.1 Å². The number of hydrogen-bond acceptors (Lipinski definition) is 4. The fourth-order valence-corrected chi connectivity index (χ4v) is 2.29. The zero-order chi connectivity index (χ0) is 20.5. The lowest BCUT2D eigenvalue weighted by atomic mass is 9.81. The van der Waals surface area contributed by atoms with Gasteiger partial charge in [0.15, 0.2) is 5.41 Å². The summed E-state index contributed by atoms with van der Waals surface area (Å²) in [4.78, 5) is 24.8. The Hall–Kier alpha value is -2.75. The zero-order valence-corrected chi connectivity index (χ0v) is 15.2. The van der Waals surface area contributed by atoms with E-state index < -0.39 is 29.1 Å². The molecule has 27 heavy (non-hydrogen) atoms. The van der Waals surface area contributed by atoms with Gasteiger partial charge in [-0.05, 0) is 44.5 Å². The van der Waals surface area contributed by atoms with E-state index in [4.69, 9.17) is 9.47 Å². The molecule has 0 saturated heterocycles. The molecular formula is C20H21F3O4. The first-order valence-electron chi connectivity index (χ1n) is 8.32. The van der Waals surface area contributed by atoms with Crippen LogP contribution < -0.4 is 0 Å². The van der Waals surface area contributed by atoms with E-state index in [-0.39, 0.29) is 26.1 Å². The molecule has 0 fully saturated rings. The average molecular weight is 382 g/mol. The van der Waals surface area contributed by atoms with Gasteiger partial charge in [-0.3, -0.25) is 9.59 Å². The van der Waals surface area contributed by atoms with E-state index >= 15 is 0 Å². The highest BCUT2D eigenvalue weighted by Crippen LogP contribution is 2.31. The van der Waals surface area contributed by atoms with Crippen LogP contribution in [0.4, 0.5) is 13.2 Å². The molecule has 0 aliphatic heterocycles. The molecule has 0 aliphatic carbocycles. The Balaban J connectivity index is 3.13. The summed E-state index contributed by atoms with van der Waals surface area (Å²) >= 11 is 0. The number of allylic oxidation sites excluding steroid dienone is 1. The molecule has 4 nitrogen and oxygen atoms in total. The maximum Gasteiger partial charge on any atom is 0.416 e. The first-order valence-corrected chi connectivity index (χ1v) is 8.32.